The third-order valence-corrected chi connectivity index (χ3v) is 3.54. The van der Waals surface area contributed by atoms with Crippen molar-refractivity contribution in [2.45, 2.75) is 38.6 Å². The summed E-state index contributed by atoms with van der Waals surface area (Å²) in [5.74, 6) is 1.06. The first-order chi connectivity index (χ1) is 7.64. The first-order valence-electron chi connectivity index (χ1n) is 5.82. The molecule has 5 heteroatoms. The van der Waals surface area contributed by atoms with Gasteiger partial charge in [0.2, 0.25) is 0 Å². The minimum absolute atomic E-state index is 0.354. The lowest BCUT2D eigenvalue weighted by Crippen LogP contribution is -2.52. The van der Waals surface area contributed by atoms with E-state index in [0.717, 1.165) is 19.3 Å². The number of nitriles is 1. The summed E-state index contributed by atoms with van der Waals surface area (Å²) >= 11 is 0. The normalized spacial score (nSPS) is 33.8. The molecule has 0 aromatic heterocycles. The molecule has 1 aliphatic rings. The van der Waals surface area contributed by atoms with E-state index >= 15 is 0 Å². The van der Waals surface area contributed by atoms with Gasteiger partial charge < -0.3 is 0 Å². The topological polar surface area (TPSA) is 84.6 Å². The van der Waals surface area contributed by atoms with Gasteiger partial charge in [0.1, 0.15) is 5.54 Å². The summed E-state index contributed by atoms with van der Waals surface area (Å²) in [6.45, 7) is 5.34. The van der Waals surface area contributed by atoms with Crippen LogP contribution >= 0.6 is 0 Å². The van der Waals surface area contributed by atoms with E-state index in [-0.39, 0.29) is 0 Å². The number of rotatable bonds is 4. The first-order valence-corrected chi connectivity index (χ1v) is 5.82. The van der Waals surface area contributed by atoms with Gasteiger partial charge in [-0.15, -0.1) is 0 Å². The van der Waals surface area contributed by atoms with Crippen LogP contribution in [0, 0.1) is 23.2 Å². The fourth-order valence-corrected chi connectivity index (χ4v) is 2.48. The highest BCUT2D eigenvalue weighted by Gasteiger charge is 2.39. The highest BCUT2D eigenvalue weighted by molar-refractivity contribution is 5.12. The molecule has 88 valence electrons. The third-order valence-electron chi connectivity index (χ3n) is 3.54. The maximum absolute atomic E-state index is 9.34. The van der Waals surface area contributed by atoms with Gasteiger partial charge in [0.05, 0.1) is 6.07 Å². The molecule has 0 amide bonds. The van der Waals surface area contributed by atoms with Crippen LogP contribution in [0.1, 0.15) is 33.1 Å². The van der Waals surface area contributed by atoms with E-state index in [2.05, 4.69) is 35.3 Å². The molecular weight excluding hydrogens is 202 g/mol. The molecule has 0 aromatic carbocycles. The summed E-state index contributed by atoms with van der Waals surface area (Å²) in [6.07, 6.45) is 3.07. The van der Waals surface area contributed by atoms with Crippen LogP contribution in [0.25, 0.3) is 10.4 Å². The van der Waals surface area contributed by atoms with Crippen molar-refractivity contribution in [1.82, 2.24) is 5.32 Å². The molecule has 0 radical (unpaired) electrons. The average Bonchev–Trinajstić information content (AvgIpc) is 2.28. The molecule has 1 rings (SSSR count). The quantitative estimate of drug-likeness (QED) is 0.342. The molecule has 0 saturated heterocycles. The Morgan fingerprint density at radius 2 is 2.38 bits per heavy atom. The molecule has 0 aliphatic heterocycles. The Morgan fingerprint density at radius 1 is 1.62 bits per heavy atom. The number of nitrogens with zero attached hydrogens (tertiary/aromatic N) is 4. The van der Waals surface area contributed by atoms with Gasteiger partial charge in [0, 0.05) is 18.0 Å². The first kappa shape index (κ1) is 12.8. The zero-order chi connectivity index (χ0) is 12.0. The van der Waals surface area contributed by atoms with Crippen LogP contribution in [-0.2, 0) is 0 Å². The van der Waals surface area contributed by atoms with Gasteiger partial charge in [0.15, 0.2) is 0 Å². The molecule has 0 aromatic rings. The van der Waals surface area contributed by atoms with Crippen molar-refractivity contribution in [3.05, 3.63) is 10.4 Å². The van der Waals surface area contributed by atoms with Gasteiger partial charge in [-0.2, -0.15) is 5.26 Å². The number of nitrogens with one attached hydrogen (secondary N) is 1. The Morgan fingerprint density at radius 3 is 2.94 bits per heavy atom. The number of hydrogen-bond acceptors (Lipinski definition) is 3. The van der Waals surface area contributed by atoms with Crippen LogP contribution < -0.4 is 5.32 Å². The van der Waals surface area contributed by atoms with E-state index in [4.69, 9.17) is 5.53 Å². The third kappa shape index (κ3) is 2.88. The molecular formula is C11H19N5. The summed E-state index contributed by atoms with van der Waals surface area (Å²) in [5, 5.41) is 16.1. The maximum Gasteiger partial charge on any atom is 0.109 e. The molecule has 5 nitrogen and oxygen atoms in total. The van der Waals surface area contributed by atoms with Crippen molar-refractivity contribution in [3.63, 3.8) is 0 Å². The van der Waals surface area contributed by atoms with Crippen LogP contribution in [0.3, 0.4) is 0 Å². The van der Waals surface area contributed by atoms with E-state index in [9.17, 15) is 5.26 Å². The van der Waals surface area contributed by atoms with Crippen molar-refractivity contribution < 1.29 is 0 Å². The van der Waals surface area contributed by atoms with Crippen LogP contribution in [0.2, 0.25) is 0 Å². The van der Waals surface area contributed by atoms with Crippen molar-refractivity contribution >= 4 is 0 Å². The zero-order valence-electron chi connectivity index (χ0n) is 9.98. The highest BCUT2D eigenvalue weighted by Crippen LogP contribution is 2.36. The number of hydrogen-bond donors (Lipinski definition) is 1. The second-order valence-corrected chi connectivity index (χ2v) is 4.75. The summed E-state index contributed by atoms with van der Waals surface area (Å²) in [5.41, 5.74) is 7.76. The second kappa shape index (κ2) is 5.74. The monoisotopic (exact) mass is 221 g/mol. The molecule has 1 fully saturated rings. The maximum atomic E-state index is 9.34. The summed E-state index contributed by atoms with van der Waals surface area (Å²) in [7, 11) is 0. The standard InChI is InChI=1S/C11H19N5/c1-9-3-4-11(8-12,10(2)7-9)14-5-6-15-16-13/h9-10,14H,3-7H2,1-2H3. The molecule has 1 N–H and O–H groups in total. The Labute approximate surface area is 96.5 Å². The van der Waals surface area contributed by atoms with Gasteiger partial charge in [-0.05, 0) is 36.6 Å². The SMILES string of the molecule is CC1CCC(C#N)(NCCN=[N+]=[N-])C(C)C1. The zero-order valence-corrected chi connectivity index (χ0v) is 9.98. The molecule has 16 heavy (non-hydrogen) atoms. The minimum Gasteiger partial charge on any atom is -0.299 e. The van der Waals surface area contributed by atoms with Crippen molar-refractivity contribution in [2.75, 3.05) is 13.1 Å². The van der Waals surface area contributed by atoms with Gasteiger partial charge in [-0.1, -0.05) is 19.0 Å². The largest absolute Gasteiger partial charge is 0.299 e. The lowest BCUT2D eigenvalue weighted by molar-refractivity contribution is 0.174. The molecule has 3 unspecified atom stereocenters. The van der Waals surface area contributed by atoms with Crippen molar-refractivity contribution in [3.8, 4) is 6.07 Å². The predicted molar refractivity (Wildman–Crippen MR) is 62.5 cm³/mol. The molecule has 1 saturated carbocycles. The van der Waals surface area contributed by atoms with Crippen molar-refractivity contribution in [1.29, 1.82) is 5.26 Å². The fraction of sp³-hybridized carbons (Fsp3) is 0.909. The van der Waals surface area contributed by atoms with E-state index in [1.54, 1.807) is 0 Å². The van der Waals surface area contributed by atoms with E-state index < -0.39 is 5.54 Å². The van der Waals surface area contributed by atoms with Gasteiger partial charge in [-0.25, -0.2) is 0 Å². The van der Waals surface area contributed by atoms with Crippen molar-refractivity contribution in [2.24, 2.45) is 17.0 Å². The Balaban J connectivity index is 2.56. The Bertz CT molecular complexity index is 315. The lowest BCUT2D eigenvalue weighted by atomic mass is 9.71. The van der Waals surface area contributed by atoms with E-state index in [1.165, 1.54) is 0 Å². The second-order valence-electron chi connectivity index (χ2n) is 4.75. The predicted octanol–water partition coefficient (Wildman–Crippen LogP) is 2.60. The van der Waals surface area contributed by atoms with Crippen LogP contribution in [-0.4, -0.2) is 18.6 Å². The lowest BCUT2D eigenvalue weighted by Gasteiger charge is -2.40. The fourth-order valence-electron chi connectivity index (χ4n) is 2.48. The van der Waals surface area contributed by atoms with E-state index in [0.29, 0.717) is 24.9 Å². The highest BCUT2D eigenvalue weighted by atomic mass is 15.1. The Hall–Kier alpha value is -1.24. The molecule has 0 bridgehead atoms. The smallest absolute Gasteiger partial charge is 0.109 e. The Kier molecular flexibility index (Phi) is 4.60. The minimum atomic E-state index is -0.419. The van der Waals surface area contributed by atoms with Crippen LogP contribution in [0.4, 0.5) is 0 Å². The molecule has 0 spiro atoms. The van der Waals surface area contributed by atoms with Gasteiger partial charge >= 0.3 is 0 Å². The van der Waals surface area contributed by atoms with Crippen LogP contribution in [0.5, 0.6) is 0 Å². The van der Waals surface area contributed by atoms with Gasteiger partial charge in [0.25, 0.3) is 0 Å². The van der Waals surface area contributed by atoms with E-state index in [1.807, 2.05) is 0 Å². The van der Waals surface area contributed by atoms with Crippen LogP contribution in [0.15, 0.2) is 5.11 Å². The summed E-state index contributed by atoms with van der Waals surface area (Å²) in [4.78, 5) is 2.70. The number of azide groups is 1. The molecule has 3 atom stereocenters. The molecule has 0 heterocycles. The summed E-state index contributed by atoms with van der Waals surface area (Å²) < 4.78 is 0. The molecule has 1 aliphatic carbocycles. The summed E-state index contributed by atoms with van der Waals surface area (Å²) in [6, 6.07) is 2.42. The average molecular weight is 221 g/mol. The van der Waals surface area contributed by atoms with Gasteiger partial charge in [-0.3, -0.25) is 5.32 Å².